The Hall–Kier alpha value is -3.70. The minimum Gasteiger partial charge on any atom is -0.272 e. The number of rotatable bonds is 5. The van der Waals surface area contributed by atoms with Gasteiger partial charge < -0.3 is 0 Å². The summed E-state index contributed by atoms with van der Waals surface area (Å²) in [7, 11) is 0. The fourth-order valence-corrected chi connectivity index (χ4v) is 3.27. The van der Waals surface area contributed by atoms with E-state index < -0.39 is 0 Å². The maximum Gasteiger partial charge on any atom is 0.289 e. The van der Waals surface area contributed by atoms with Crippen LogP contribution in [0, 0.1) is 0 Å². The van der Waals surface area contributed by atoms with Crippen LogP contribution in [0.15, 0.2) is 90.0 Å². The van der Waals surface area contributed by atoms with Gasteiger partial charge in [-0.15, -0.1) is 0 Å². The van der Waals surface area contributed by atoms with Crippen molar-refractivity contribution >= 4 is 23.2 Å². The Morgan fingerprint density at radius 1 is 0.933 bits per heavy atom. The van der Waals surface area contributed by atoms with Crippen molar-refractivity contribution in [1.82, 2.24) is 15.6 Å². The van der Waals surface area contributed by atoms with Gasteiger partial charge in [-0.3, -0.25) is 9.89 Å². The molecule has 5 nitrogen and oxygen atoms in total. The van der Waals surface area contributed by atoms with Gasteiger partial charge >= 0.3 is 0 Å². The smallest absolute Gasteiger partial charge is 0.272 e. The number of H-pyrrole nitrogens is 1. The van der Waals surface area contributed by atoms with Gasteiger partial charge in [-0.1, -0.05) is 84.4 Å². The van der Waals surface area contributed by atoms with Gasteiger partial charge in [0.15, 0.2) is 0 Å². The monoisotopic (exact) mass is 414 g/mol. The molecule has 2 N–H and O–H groups in total. The third-order valence-corrected chi connectivity index (χ3v) is 5.04. The van der Waals surface area contributed by atoms with E-state index in [1.54, 1.807) is 12.1 Å². The average molecular weight is 415 g/mol. The first-order valence-corrected chi connectivity index (χ1v) is 9.80. The van der Waals surface area contributed by atoms with Gasteiger partial charge in [0.25, 0.3) is 5.91 Å². The van der Waals surface area contributed by atoms with Gasteiger partial charge in [0, 0.05) is 5.56 Å². The molecule has 0 spiro atoms. The molecule has 148 valence electrons. The number of carbonyl (C=O) groups is 1. The molecule has 1 amide bonds. The summed E-state index contributed by atoms with van der Waals surface area (Å²) in [5.74, 6) is -0.374. The molecule has 0 saturated heterocycles. The number of aromatic amines is 1. The molecule has 0 fully saturated rings. The van der Waals surface area contributed by atoms with E-state index in [4.69, 9.17) is 11.6 Å². The van der Waals surface area contributed by atoms with E-state index in [1.165, 1.54) is 0 Å². The summed E-state index contributed by atoms with van der Waals surface area (Å²) >= 11 is 6.19. The first-order valence-electron chi connectivity index (χ1n) is 9.42. The maximum atomic E-state index is 12.4. The number of nitrogens with one attached hydrogen (secondary N) is 2. The number of halogens is 1. The minimum absolute atomic E-state index is 0.306. The van der Waals surface area contributed by atoms with Gasteiger partial charge in [-0.05, 0) is 35.7 Å². The molecule has 30 heavy (non-hydrogen) atoms. The standard InChI is InChI=1S/C24H19ClN4O/c1-16(17-11-13-19(14-12-17)18-7-3-2-4-8-18)26-29-24(30)23-15-22(27-28-23)20-9-5-6-10-21(20)25/h2-15H,1H3,(H,27,28)(H,29,30)/b26-16-. The highest BCUT2D eigenvalue weighted by atomic mass is 35.5. The molecule has 1 heterocycles. The van der Waals surface area contributed by atoms with E-state index in [-0.39, 0.29) is 5.91 Å². The van der Waals surface area contributed by atoms with Crippen molar-refractivity contribution in [3.8, 4) is 22.4 Å². The second kappa shape index (κ2) is 8.76. The van der Waals surface area contributed by atoms with E-state index in [0.29, 0.717) is 22.1 Å². The van der Waals surface area contributed by atoms with E-state index >= 15 is 0 Å². The summed E-state index contributed by atoms with van der Waals surface area (Å²) in [5, 5.41) is 11.7. The SMILES string of the molecule is C/C(=N/NC(=O)c1cc(-c2ccccc2Cl)n[nH]1)c1ccc(-c2ccccc2)cc1. The molecule has 0 radical (unpaired) electrons. The lowest BCUT2D eigenvalue weighted by molar-refractivity contribution is 0.0950. The first-order chi connectivity index (χ1) is 14.6. The summed E-state index contributed by atoms with van der Waals surface area (Å²) in [6.07, 6.45) is 0. The first kappa shape index (κ1) is 19.6. The van der Waals surface area contributed by atoms with E-state index in [2.05, 4.69) is 32.9 Å². The number of hydrogen-bond donors (Lipinski definition) is 2. The van der Waals surface area contributed by atoms with Crippen LogP contribution in [-0.2, 0) is 0 Å². The van der Waals surface area contributed by atoms with Crippen molar-refractivity contribution in [3.05, 3.63) is 101 Å². The second-order valence-corrected chi connectivity index (χ2v) is 7.14. The van der Waals surface area contributed by atoms with E-state index in [9.17, 15) is 4.79 Å². The van der Waals surface area contributed by atoms with Gasteiger partial charge in [0.05, 0.1) is 16.4 Å². The Bertz CT molecular complexity index is 1200. The number of aromatic nitrogens is 2. The molecule has 0 aliphatic carbocycles. The maximum absolute atomic E-state index is 12.4. The Labute approximate surface area is 179 Å². The Morgan fingerprint density at radius 2 is 1.60 bits per heavy atom. The van der Waals surface area contributed by atoms with Crippen LogP contribution in [0.25, 0.3) is 22.4 Å². The quantitative estimate of drug-likeness (QED) is 0.332. The molecule has 4 rings (SSSR count). The van der Waals surface area contributed by atoms with E-state index in [1.807, 2.05) is 67.6 Å². The molecular formula is C24H19ClN4O. The lowest BCUT2D eigenvalue weighted by Gasteiger charge is -2.05. The van der Waals surface area contributed by atoms with Crippen molar-refractivity contribution in [2.24, 2.45) is 5.10 Å². The van der Waals surface area contributed by atoms with Crippen LogP contribution in [0.2, 0.25) is 5.02 Å². The van der Waals surface area contributed by atoms with Crippen LogP contribution in [-0.4, -0.2) is 21.8 Å². The fraction of sp³-hybridized carbons (Fsp3) is 0.0417. The van der Waals surface area contributed by atoms with Gasteiger partial charge in [0.2, 0.25) is 0 Å². The number of nitrogens with zero attached hydrogens (tertiary/aromatic N) is 2. The molecule has 4 aromatic rings. The second-order valence-electron chi connectivity index (χ2n) is 6.73. The zero-order valence-electron chi connectivity index (χ0n) is 16.3. The molecule has 0 aliphatic heterocycles. The van der Waals surface area contributed by atoms with Crippen molar-refractivity contribution in [2.45, 2.75) is 6.92 Å². The van der Waals surface area contributed by atoms with Gasteiger partial charge in [-0.2, -0.15) is 10.2 Å². The molecular weight excluding hydrogens is 396 g/mol. The Morgan fingerprint density at radius 3 is 2.33 bits per heavy atom. The van der Waals surface area contributed by atoms with Crippen molar-refractivity contribution in [2.75, 3.05) is 0 Å². The molecule has 0 saturated carbocycles. The predicted molar refractivity (Wildman–Crippen MR) is 121 cm³/mol. The summed E-state index contributed by atoms with van der Waals surface area (Å²) < 4.78 is 0. The number of benzene rings is 3. The lowest BCUT2D eigenvalue weighted by atomic mass is 10.0. The highest BCUT2D eigenvalue weighted by Crippen LogP contribution is 2.26. The largest absolute Gasteiger partial charge is 0.289 e. The predicted octanol–water partition coefficient (Wildman–Crippen LogP) is 5.55. The van der Waals surface area contributed by atoms with Crippen LogP contribution < -0.4 is 5.43 Å². The molecule has 0 unspecified atom stereocenters. The Balaban J connectivity index is 1.45. The topological polar surface area (TPSA) is 70.1 Å². The minimum atomic E-state index is -0.374. The zero-order valence-corrected chi connectivity index (χ0v) is 17.0. The number of carbonyl (C=O) groups excluding carboxylic acids is 1. The molecule has 0 aliphatic rings. The highest BCUT2D eigenvalue weighted by molar-refractivity contribution is 6.33. The molecule has 0 bridgehead atoms. The average Bonchev–Trinajstić information content (AvgIpc) is 3.28. The third-order valence-electron chi connectivity index (χ3n) is 4.71. The molecule has 3 aromatic carbocycles. The summed E-state index contributed by atoms with van der Waals surface area (Å²) in [4.78, 5) is 12.4. The normalized spacial score (nSPS) is 11.3. The van der Waals surface area contributed by atoms with Crippen molar-refractivity contribution in [1.29, 1.82) is 0 Å². The van der Waals surface area contributed by atoms with Gasteiger partial charge in [-0.25, -0.2) is 5.43 Å². The summed E-state index contributed by atoms with van der Waals surface area (Å²) in [6, 6.07) is 27.2. The van der Waals surface area contributed by atoms with Crippen molar-refractivity contribution < 1.29 is 4.79 Å². The summed E-state index contributed by atoms with van der Waals surface area (Å²) in [6.45, 7) is 1.85. The van der Waals surface area contributed by atoms with E-state index in [0.717, 1.165) is 22.3 Å². The van der Waals surface area contributed by atoms with Gasteiger partial charge in [0.1, 0.15) is 5.69 Å². The van der Waals surface area contributed by atoms with Crippen LogP contribution in [0.4, 0.5) is 0 Å². The van der Waals surface area contributed by atoms with Crippen LogP contribution in [0.5, 0.6) is 0 Å². The fourth-order valence-electron chi connectivity index (χ4n) is 3.04. The third kappa shape index (κ3) is 4.31. The number of amides is 1. The van der Waals surface area contributed by atoms with Crippen LogP contribution in [0.3, 0.4) is 0 Å². The molecule has 0 atom stereocenters. The highest BCUT2D eigenvalue weighted by Gasteiger charge is 2.12. The number of hydrazone groups is 1. The molecule has 1 aromatic heterocycles. The molecule has 6 heteroatoms. The Kier molecular flexibility index (Phi) is 5.72. The van der Waals surface area contributed by atoms with Crippen LogP contribution >= 0.6 is 11.6 Å². The van der Waals surface area contributed by atoms with Crippen LogP contribution in [0.1, 0.15) is 23.0 Å². The zero-order chi connectivity index (χ0) is 20.9. The van der Waals surface area contributed by atoms with Crippen molar-refractivity contribution in [3.63, 3.8) is 0 Å². The number of hydrogen-bond acceptors (Lipinski definition) is 3. The summed E-state index contributed by atoms with van der Waals surface area (Å²) in [5.41, 5.74) is 8.14. The lowest BCUT2D eigenvalue weighted by Crippen LogP contribution is -2.19.